The Labute approximate surface area is 169 Å². The molecule has 0 bridgehead atoms. The van der Waals surface area contributed by atoms with Crippen LogP contribution in [-0.2, 0) is 11.2 Å². The molecule has 0 N–H and O–H groups in total. The number of carbonyl (C=O) groups is 2. The second kappa shape index (κ2) is 7.47. The molecular formula is C22H21N3O4. The van der Waals surface area contributed by atoms with Gasteiger partial charge in [-0.15, -0.1) is 0 Å². The Hall–Kier alpha value is -3.53. The van der Waals surface area contributed by atoms with Crippen molar-refractivity contribution in [3.05, 3.63) is 58.7 Å². The fourth-order valence-electron chi connectivity index (χ4n) is 4.08. The number of methoxy groups -OCH3 is 2. The molecule has 0 saturated carbocycles. The molecule has 0 aromatic heterocycles. The molecule has 2 aromatic carbocycles. The van der Waals surface area contributed by atoms with Crippen LogP contribution in [0.3, 0.4) is 0 Å². The van der Waals surface area contributed by atoms with Gasteiger partial charge in [-0.1, -0.05) is 0 Å². The zero-order chi connectivity index (χ0) is 20.5. The van der Waals surface area contributed by atoms with Gasteiger partial charge in [-0.3, -0.25) is 9.59 Å². The van der Waals surface area contributed by atoms with Gasteiger partial charge in [-0.25, -0.2) is 0 Å². The van der Waals surface area contributed by atoms with Gasteiger partial charge in [0.05, 0.1) is 31.9 Å². The highest BCUT2D eigenvalue weighted by Crippen LogP contribution is 2.39. The van der Waals surface area contributed by atoms with Crippen LogP contribution >= 0.6 is 0 Å². The van der Waals surface area contributed by atoms with Gasteiger partial charge in [0.15, 0.2) is 11.5 Å². The molecule has 1 atom stereocenters. The zero-order valence-corrected chi connectivity index (χ0v) is 16.3. The number of nitrogens with zero attached hydrogens (tertiary/aromatic N) is 3. The van der Waals surface area contributed by atoms with E-state index in [1.54, 1.807) is 43.4 Å². The molecule has 2 amide bonds. The number of nitriles is 1. The van der Waals surface area contributed by atoms with Crippen LogP contribution < -0.4 is 9.47 Å². The molecule has 1 unspecified atom stereocenters. The third-order valence-corrected chi connectivity index (χ3v) is 5.59. The highest BCUT2D eigenvalue weighted by atomic mass is 16.5. The SMILES string of the molecule is COc1cc2c(cc1OC)C1CN(C(=O)c3ccc(C#N)cc3)CC(=O)N1CC2. The first-order valence-electron chi connectivity index (χ1n) is 9.39. The molecule has 2 aromatic rings. The molecule has 2 heterocycles. The Morgan fingerprint density at radius 1 is 1.14 bits per heavy atom. The van der Waals surface area contributed by atoms with Gasteiger partial charge in [0.25, 0.3) is 5.91 Å². The van der Waals surface area contributed by atoms with Crippen LogP contribution in [0.2, 0.25) is 0 Å². The van der Waals surface area contributed by atoms with E-state index in [2.05, 4.69) is 0 Å². The quantitative estimate of drug-likeness (QED) is 0.801. The van der Waals surface area contributed by atoms with Crippen molar-refractivity contribution in [2.45, 2.75) is 12.5 Å². The number of benzene rings is 2. The molecule has 2 aliphatic heterocycles. The van der Waals surface area contributed by atoms with E-state index in [1.807, 2.05) is 23.1 Å². The summed E-state index contributed by atoms with van der Waals surface area (Å²) in [6.07, 6.45) is 0.738. The summed E-state index contributed by atoms with van der Waals surface area (Å²) >= 11 is 0. The summed E-state index contributed by atoms with van der Waals surface area (Å²) in [5, 5.41) is 8.94. The van der Waals surface area contributed by atoms with Gasteiger partial charge in [-0.2, -0.15) is 5.26 Å². The minimum Gasteiger partial charge on any atom is -0.493 e. The number of hydrogen-bond acceptors (Lipinski definition) is 5. The van der Waals surface area contributed by atoms with Crippen LogP contribution in [0.15, 0.2) is 36.4 Å². The Kier molecular flexibility index (Phi) is 4.85. The van der Waals surface area contributed by atoms with Gasteiger partial charge in [0.1, 0.15) is 6.54 Å². The summed E-state index contributed by atoms with van der Waals surface area (Å²) in [6, 6.07) is 12.2. The predicted octanol–water partition coefficient (Wildman–Crippen LogP) is 2.16. The fraction of sp³-hybridized carbons (Fsp3) is 0.318. The second-order valence-corrected chi connectivity index (χ2v) is 7.13. The van der Waals surface area contributed by atoms with Crippen molar-refractivity contribution in [2.24, 2.45) is 0 Å². The normalized spacial score (nSPS) is 17.8. The predicted molar refractivity (Wildman–Crippen MR) is 105 cm³/mol. The largest absolute Gasteiger partial charge is 0.493 e. The van der Waals surface area contributed by atoms with Gasteiger partial charge >= 0.3 is 0 Å². The van der Waals surface area contributed by atoms with Gasteiger partial charge in [0, 0.05) is 18.7 Å². The zero-order valence-electron chi connectivity index (χ0n) is 16.3. The maximum absolute atomic E-state index is 13.0. The monoisotopic (exact) mass is 391 g/mol. The van der Waals surface area contributed by atoms with E-state index in [0.29, 0.717) is 35.7 Å². The maximum atomic E-state index is 13.0. The van der Waals surface area contributed by atoms with Gasteiger partial charge in [0.2, 0.25) is 5.91 Å². The Bertz CT molecular complexity index is 1010. The summed E-state index contributed by atoms with van der Waals surface area (Å²) in [4.78, 5) is 29.2. The van der Waals surface area contributed by atoms with E-state index in [9.17, 15) is 9.59 Å². The van der Waals surface area contributed by atoms with E-state index in [1.165, 1.54) is 0 Å². The smallest absolute Gasteiger partial charge is 0.254 e. The van der Waals surface area contributed by atoms with E-state index < -0.39 is 0 Å². The summed E-state index contributed by atoms with van der Waals surface area (Å²) < 4.78 is 10.8. The van der Waals surface area contributed by atoms with Crippen molar-refractivity contribution in [1.82, 2.24) is 9.80 Å². The molecule has 1 saturated heterocycles. The first-order chi connectivity index (χ1) is 14.0. The summed E-state index contributed by atoms with van der Waals surface area (Å²) in [5.41, 5.74) is 3.04. The van der Waals surface area contributed by atoms with E-state index in [4.69, 9.17) is 14.7 Å². The average molecular weight is 391 g/mol. The average Bonchev–Trinajstić information content (AvgIpc) is 2.77. The maximum Gasteiger partial charge on any atom is 0.254 e. The second-order valence-electron chi connectivity index (χ2n) is 7.13. The highest BCUT2D eigenvalue weighted by molar-refractivity contribution is 5.97. The van der Waals surface area contributed by atoms with Crippen LogP contribution in [0.4, 0.5) is 0 Å². The van der Waals surface area contributed by atoms with Crippen molar-refractivity contribution in [3.8, 4) is 17.6 Å². The lowest BCUT2D eigenvalue weighted by molar-refractivity contribution is -0.139. The fourth-order valence-corrected chi connectivity index (χ4v) is 4.08. The summed E-state index contributed by atoms with van der Waals surface area (Å²) in [7, 11) is 3.18. The van der Waals surface area contributed by atoms with Crippen LogP contribution in [0.1, 0.15) is 33.1 Å². The number of hydrogen-bond donors (Lipinski definition) is 0. The number of ether oxygens (including phenoxy) is 2. The van der Waals surface area contributed by atoms with E-state index >= 15 is 0 Å². The molecule has 7 nitrogen and oxygen atoms in total. The molecule has 0 aliphatic carbocycles. The highest BCUT2D eigenvalue weighted by Gasteiger charge is 2.39. The molecule has 0 radical (unpaired) electrons. The van der Waals surface area contributed by atoms with Crippen LogP contribution in [0, 0.1) is 11.3 Å². The van der Waals surface area contributed by atoms with Crippen molar-refractivity contribution < 1.29 is 19.1 Å². The van der Waals surface area contributed by atoms with Gasteiger partial charge < -0.3 is 19.3 Å². The molecular weight excluding hydrogens is 370 g/mol. The minimum atomic E-state index is -0.220. The lowest BCUT2D eigenvalue weighted by Gasteiger charge is -2.44. The number of fused-ring (bicyclic) bond motifs is 3. The Morgan fingerprint density at radius 2 is 1.83 bits per heavy atom. The van der Waals surface area contributed by atoms with Crippen LogP contribution in [-0.4, -0.2) is 55.5 Å². The number of carbonyl (C=O) groups excluding carboxylic acids is 2. The van der Waals surface area contributed by atoms with Crippen molar-refractivity contribution in [1.29, 1.82) is 5.26 Å². The number of amides is 2. The standard InChI is InChI=1S/C22H21N3O4/c1-28-19-9-16-7-8-25-18(17(16)10-20(19)29-2)12-24(13-21(25)26)22(27)15-5-3-14(11-23)4-6-15/h3-6,9-10,18H,7-8,12-13H2,1-2H3. The topological polar surface area (TPSA) is 82.9 Å². The molecule has 2 aliphatic rings. The van der Waals surface area contributed by atoms with Crippen LogP contribution in [0.5, 0.6) is 11.5 Å². The number of rotatable bonds is 3. The molecule has 4 rings (SSSR count). The van der Waals surface area contributed by atoms with Crippen molar-refractivity contribution >= 4 is 11.8 Å². The van der Waals surface area contributed by atoms with Crippen LogP contribution in [0.25, 0.3) is 0 Å². The third kappa shape index (κ3) is 3.27. The lowest BCUT2D eigenvalue weighted by atomic mass is 9.90. The molecule has 29 heavy (non-hydrogen) atoms. The van der Waals surface area contributed by atoms with Crippen molar-refractivity contribution in [2.75, 3.05) is 33.9 Å². The molecule has 0 spiro atoms. The summed E-state index contributed by atoms with van der Waals surface area (Å²) in [5.74, 6) is 0.988. The molecule has 148 valence electrons. The molecule has 1 fully saturated rings. The van der Waals surface area contributed by atoms with Gasteiger partial charge in [-0.05, 0) is 53.9 Å². The van der Waals surface area contributed by atoms with Crippen molar-refractivity contribution in [3.63, 3.8) is 0 Å². The first kappa shape index (κ1) is 18.8. The van der Waals surface area contributed by atoms with E-state index in [-0.39, 0.29) is 24.4 Å². The Balaban J connectivity index is 1.65. The third-order valence-electron chi connectivity index (χ3n) is 5.59. The minimum absolute atomic E-state index is 0.0535. The first-order valence-corrected chi connectivity index (χ1v) is 9.39. The Morgan fingerprint density at radius 3 is 2.48 bits per heavy atom. The lowest BCUT2D eigenvalue weighted by Crippen LogP contribution is -2.55. The number of piperazine rings is 1. The summed E-state index contributed by atoms with van der Waals surface area (Å²) in [6.45, 7) is 1.08. The molecule has 7 heteroatoms. The van der Waals surface area contributed by atoms with E-state index in [0.717, 1.165) is 17.5 Å².